The summed E-state index contributed by atoms with van der Waals surface area (Å²) in [5.74, 6) is 1.02. The minimum absolute atomic E-state index is 0.0988. The van der Waals surface area contributed by atoms with Gasteiger partial charge in [-0.1, -0.05) is 0 Å². The molecule has 1 atom stereocenters. The van der Waals surface area contributed by atoms with Crippen LogP contribution in [0.3, 0.4) is 0 Å². The number of ketones is 1. The molecule has 0 aromatic carbocycles. The van der Waals surface area contributed by atoms with E-state index in [0.29, 0.717) is 23.5 Å². The Balaban J connectivity index is 1.94. The Morgan fingerprint density at radius 1 is 1.30 bits per heavy atom. The third kappa shape index (κ3) is 2.23. The summed E-state index contributed by atoms with van der Waals surface area (Å²) in [5.41, 5.74) is 2.15. The molecule has 2 aromatic heterocycles. The van der Waals surface area contributed by atoms with Crippen LogP contribution >= 0.6 is 11.3 Å². The van der Waals surface area contributed by atoms with Gasteiger partial charge in [0.1, 0.15) is 17.4 Å². The van der Waals surface area contributed by atoms with Gasteiger partial charge in [-0.15, -0.1) is 0 Å². The fourth-order valence-corrected chi connectivity index (χ4v) is 3.93. The minimum Gasteiger partial charge on any atom is -0.443 e. The van der Waals surface area contributed by atoms with E-state index >= 15 is 0 Å². The van der Waals surface area contributed by atoms with Gasteiger partial charge in [-0.05, 0) is 40.9 Å². The van der Waals surface area contributed by atoms with Crippen LogP contribution in [0.5, 0.6) is 0 Å². The Morgan fingerprint density at radius 3 is 2.83 bits per heavy atom. The van der Waals surface area contributed by atoms with Crippen LogP contribution in [0.2, 0.25) is 0 Å². The normalized spacial score (nSPS) is 21.0. The molecule has 0 amide bonds. The Morgan fingerprint density at radius 2 is 2.13 bits per heavy atom. The van der Waals surface area contributed by atoms with Crippen LogP contribution in [0.15, 0.2) is 58.3 Å². The van der Waals surface area contributed by atoms with Crippen LogP contribution in [0.1, 0.15) is 30.7 Å². The van der Waals surface area contributed by atoms with Crippen LogP contribution in [0.25, 0.3) is 5.88 Å². The van der Waals surface area contributed by atoms with E-state index in [0.717, 1.165) is 24.2 Å². The summed E-state index contributed by atoms with van der Waals surface area (Å²) < 4.78 is 7.83. The van der Waals surface area contributed by atoms with E-state index < -0.39 is 0 Å². The average Bonchev–Trinajstić information content (AvgIpc) is 3.27. The van der Waals surface area contributed by atoms with Gasteiger partial charge in [-0.25, -0.2) is 0 Å². The maximum atomic E-state index is 12.5. The molecule has 0 saturated heterocycles. The van der Waals surface area contributed by atoms with Crippen molar-refractivity contribution in [2.24, 2.45) is 0 Å². The van der Waals surface area contributed by atoms with Gasteiger partial charge in [-0.3, -0.25) is 9.36 Å². The predicted octanol–water partition coefficient (Wildman–Crippen LogP) is 4.06. The second-order valence-electron chi connectivity index (χ2n) is 5.63. The van der Waals surface area contributed by atoms with Gasteiger partial charge in [0.15, 0.2) is 5.78 Å². The third-order valence-electron chi connectivity index (χ3n) is 4.27. The molecule has 5 heteroatoms. The number of carbonyl (C=O) groups is 1. The standard InChI is InChI=1S/C18H14N2O2S/c19-10-13-16(12-6-9-23-11-12)17-14(21)4-3-5-15(17)22-18(13)20-7-1-2-8-20/h1-2,6-9,11,16H,3-5H2/t16-/m1/s1. The summed E-state index contributed by atoms with van der Waals surface area (Å²) in [6, 6.07) is 8.05. The maximum absolute atomic E-state index is 12.5. The fourth-order valence-electron chi connectivity index (χ4n) is 3.25. The molecule has 23 heavy (non-hydrogen) atoms. The van der Waals surface area contributed by atoms with Crippen molar-refractivity contribution in [3.05, 3.63) is 63.8 Å². The maximum Gasteiger partial charge on any atom is 0.218 e. The summed E-state index contributed by atoms with van der Waals surface area (Å²) in [4.78, 5) is 12.5. The molecule has 0 unspecified atom stereocenters. The number of Topliss-reactive ketones (excluding diaryl/α,β-unsaturated/α-hetero) is 1. The molecule has 3 heterocycles. The minimum atomic E-state index is -0.319. The number of nitrogens with zero attached hydrogens (tertiary/aromatic N) is 2. The van der Waals surface area contributed by atoms with Crippen molar-refractivity contribution in [1.29, 1.82) is 5.26 Å². The summed E-state index contributed by atoms with van der Waals surface area (Å²) >= 11 is 1.57. The van der Waals surface area contributed by atoms with Gasteiger partial charge < -0.3 is 4.74 Å². The molecule has 0 bridgehead atoms. The molecular weight excluding hydrogens is 308 g/mol. The van der Waals surface area contributed by atoms with Gasteiger partial charge >= 0.3 is 0 Å². The number of allylic oxidation sites excluding steroid dienone is 3. The molecule has 1 aliphatic heterocycles. The second-order valence-corrected chi connectivity index (χ2v) is 6.41. The van der Waals surface area contributed by atoms with Gasteiger partial charge in [-0.2, -0.15) is 16.6 Å². The first-order valence-electron chi connectivity index (χ1n) is 7.53. The lowest BCUT2D eigenvalue weighted by Gasteiger charge is -2.31. The Hall–Kier alpha value is -2.58. The summed E-state index contributed by atoms with van der Waals surface area (Å²) in [6.07, 6.45) is 5.78. The van der Waals surface area contributed by atoms with Crippen LogP contribution in [-0.4, -0.2) is 10.4 Å². The fraction of sp³-hybridized carbons (Fsp3) is 0.222. The van der Waals surface area contributed by atoms with E-state index in [9.17, 15) is 10.1 Å². The Kier molecular flexibility index (Phi) is 3.40. The van der Waals surface area contributed by atoms with Gasteiger partial charge in [0.2, 0.25) is 5.88 Å². The zero-order chi connectivity index (χ0) is 15.8. The first kappa shape index (κ1) is 14.0. The molecule has 0 fully saturated rings. The highest BCUT2D eigenvalue weighted by molar-refractivity contribution is 7.08. The smallest absolute Gasteiger partial charge is 0.218 e. The van der Waals surface area contributed by atoms with Crippen molar-refractivity contribution in [3.8, 4) is 6.07 Å². The highest BCUT2D eigenvalue weighted by Crippen LogP contribution is 2.45. The molecule has 1 aliphatic carbocycles. The monoisotopic (exact) mass is 322 g/mol. The SMILES string of the molecule is N#CC1=C(n2cccc2)OC2=C(C(=O)CCC2)[C@@H]1c1ccsc1. The molecular formula is C18H14N2O2S. The summed E-state index contributed by atoms with van der Waals surface area (Å²) in [5, 5.41) is 13.8. The number of ether oxygens (including phenoxy) is 1. The number of rotatable bonds is 2. The molecule has 0 spiro atoms. The van der Waals surface area contributed by atoms with E-state index in [-0.39, 0.29) is 11.7 Å². The number of hydrogen-bond donors (Lipinski definition) is 0. The van der Waals surface area contributed by atoms with E-state index in [4.69, 9.17) is 4.74 Å². The van der Waals surface area contributed by atoms with Crippen LogP contribution in [-0.2, 0) is 9.53 Å². The van der Waals surface area contributed by atoms with Crippen molar-refractivity contribution < 1.29 is 9.53 Å². The lowest BCUT2D eigenvalue weighted by atomic mass is 9.78. The zero-order valence-corrected chi connectivity index (χ0v) is 13.2. The molecule has 0 saturated carbocycles. The Bertz CT molecular complexity index is 851. The zero-order valence-electron chi connectivity index (χ0n) is 12.4. The van der Waals surface area contributed by atoms with Crippen molar-refractivity contribution in [3.63, 3.8) is 0 Å². The topological polar surface area (TPSA) is 55.0 Å². The number of nitriles is 1. The summed E-state index contributed by atoms with van der Waals surface area (Å²) in [7, 11) is 0. The van der Waals surface area contributed by atoms with Crippen molar-refractivity contribution in [2.45, 2.75) is 25.2 Å². The molecule has 114 valence electrons. The van der Waals surface area contributed by atoms with Crippen molar-refractivity contribution in [1.82, 2.24) is 4.57 Å². The van der Waals surface area contributed by atoms with E-state index in [1.54, 1.807) is 15.9 Å². The predicted molar refractivity (Wildman–Crippen MR) is 87.3 cm³/mol. The molecule has 2 aromatic rings. The molecule has 0 N–H and O–H groups in total. The first-order chi connectivity index (χ1) is 11.3. The molecule has 2 aliphatic rings. The highest BCUT2D eigenvalue weighted by Gasteiger charge is 2.39. The van der Waals surface area contributed by atoms with E-state index in [1.807, 2.05) is 41.4 Å². The van der Waals surface area contributed by atoms with E-state index in [2.05, 4.69) is 6.07 Å². The lowest BCUT2D eigenvalue weighted by molar-refractivity contribution is -0.116. The molecule has 4 nitrogen and oxygen atoms in total. The number of thiophene rings is 1. The summed E-state index contributed by atoms with van der Waals surface area (Å²) in [6.45, 7) is 0. The van der Waals surface area contributed by atoms with Gasteiger partial charge in [0, 0.05) is 30.8 Å². The first-order valence-corrected chi connectivity index (χ1v) is 8.47. The number of aromatic nitrogens is 1. The molecule has 0 radical (unpaired) electrons. The largest absolute Gasteiger partial charge is 0.443 e. The Labute approximate surface area is 137 Å². The lowest BCUT2D eigenvalue weighted by Crippen LogP contribution is -2.25. The quantitative estimate of drug-likeness (QED) is 0.837. The van der Waals surface area contributed by atoms with Crippen molar-refractivity contribution in [2.75, 3.05) is 0 Å². The second kappa shape index (κ2) is 5.56. The number of hydrogen-bond acceptors (Lipinski definition) is 4. The molecule has 4 rings (SSSR count). The van der Waals surface area contributed by atoms with Crippen LogP contribution < -0.4 is 0 Å². The van der Waals surface area contributed by atoms with E-state index in [1.165, 1.54) is 0 Å². The van der Waals surface area contributed by atoms with Gasteiger partial charge in [0.25, 0.3) is 0 Å². The highest BCUT2D eigenvalue weighted by atomic mass is 32.1. The average molecular weight is 322 g/mol. The van der Waals surface area contributed by atoms with Gasteiger partial charge in [0.05, 0.1) is 5.92 Å². The number of carbonyl (C=O) groups excluding carboxylic acids is 1. The van der Waals surface area contributed by atoms with Crippen LogP contribution in [0, 0.1) is 11.3 Å². The van der Waals surface area contributed by atoms with Crippen LogP contribution in [0.4, 0.5) is 0 Å². The third-order valence-corrected chi connectivity index (χ3v) is 4.97. The van der Waals surface area contributed by atoms with Crippen molar-refractivity contribution >= 4 is 23.0 Å².